The fourth-order valence-electron chi connectivity index (χ4n) is 0.608. The zero-order chi connectivity index (χ0) is 8.97. The second-order valence-electron chi connectivity index (χ2n) is 2.03. The first-order valence-electron chi connectivity index (χ1n) is 3.15. The molecule has 0 spiro atoms. The van der Waals surface area contributed by atoms with E-state index in [4.69, 9.17) is 0 Å². The number of nitrogens with one attached hydrogen (secondary N) is 1. The van der Waals surface area contributed by atoms with Crippen LogP contribution in [-0.4, -0.2) is 6.72 Å². The third-order valence-corrected chi connectivity index (χ3v) is 2.69. The Morgan fingerprint density at radius 1 is 1.67 bits per heavy atom. The summed E-state index contributed by atoms with van der Waals surface area (Å²) in [5.41, 5.74) is 3.38. The molecule has 0 radical (unpaired) electrons. The summed E-state index contributed by atoms with van der Waals surface area (Å²) in [7, 11) is 0. The zero-order valence-corrected chi connectivity index (χ0v) is 8.19. The van der Waals surface area contributed by atoms with Crippen LogP contribution in [0.15, 0.2) is 25.7 Å². The molecule has 64 valence electrons. The Balaban J connectivity index is 2.69. The highest BCUT2D eigenvalue weighted by atomic mass is 32.2. The smallest absolute Gasteiger partial charge is 0.141 e. The molecule has 1 aromatic rings. The van der Waals surface area contributed by atoms with Crippen molar-refractivity contribution in [2.24, 2.45) is 15.4 Å². The van der Waals surface area contributed by atoms with Crippen LogP contribution in [0.4, 0.5) is 5.00 Å². The summed E-state index contributed by atoms with van der Waals surface area (Å²) in [4.78, 5) is 0. The maximum atomic E-state index is 4.22. The average molecular weight is 200 g/mol. The Kier molecular flexibility index (Phi) is 3.24. The lowest BCUT2D eigenvalue weighted by Crippen LogP contribution is -1.87. The largest absolute Gasteiger partial charge is 0.180 e. The fourth-order valence-corrected chi connectivity index (χ4v) is 1.69. The van der Waals surface area contributed by atoms with E-state index in [9.17, 15) is 0 Å². The number of aryl methyl sites for hydroxylation is 1. The van der Waals surface area contributed by atoms with Gasteiger partial charge in [0.2, 0.25) is 0 Å². The van der Waals surface area contributed by atoms with Gasteiger partial charge in [-0.25, -0.2) is 0 Å². The van der Waals surface area contributed by atoms with Crippen molar-refractivity contribution in [3.63, 3.8) is 0 Å². The van der Waals surface area contributed by atoms with Crippen molar-refractivity contribution >= 4 is 35.7 Å². The molecule has 1 rings (SSSR count). The zero-order valence-electron chi connectivity index (χ0n) is 6.48. The van der Waals surface area contributed by atoms with Crippen molar-refractivity contribution in [2.45, 2.75) is 11.1 Å². The number of hydrogen-bond donors (Lipinski definition) is 2. The molecule has 0 aliphatic heterocycles. The summed E-state index contributed by atoms with van der Waals surface area (Å²) in [5.74, 6) is 0. The maximum Gasteiger partial charge on any atom is 0.141 e. The third-order valence-electron chi connectivity index (χ3n) is 1.14. The fraction of sp³-hybridized carbons (Fsp3) is 0.167. The Bertz CT molecular complexity index is 285. The van der Waals surface area contributed by atoms with Crippen LogP contribution < -0.4 is 5.53 Å². The second kappa shape index (κ2) is 4.22. The highest BCUT2D eigenvalue weighted by Crippen LogP contribution is 2.31. The summed E-state index contributed by atoms with van der Waals surface area (Å²) in [6.45, 7) is 5.16. The normalized spacial score (nSPS) is 10.5. The van der Waals surface area contributed by atoms with Crippen LogP contribution in [0.5, 0.6) is 0 Å². The van der Waals surface area contributed by atoms with E-state index in [0.29, 0.717) is 0 Å². The van der Waals surface area contributed by atoms with Gasteiger partial charge in [-0.3, -0.25) is 0 Å². The van der Waals surface area contributed by atoms with Crippen molar-refractivity contribution < 1.29 is 0 Å². The molecule has 0 unspecified atom stereocenters. The van der Waals surface area contributed by atoms with Crippen LogP contribution in [0.2, 0.25) is 0 Å². The number of nitrogens with zero attached hydrogens (tertiary/aromatic N) is 3. The van der Waals surface area contributed by atoms with Crippen molar-refractivity contribution in [3.8, 4) is 0 Å². The molecular weight excluding hydrogens is 192 g/mol. The molecular formula is C6H8N4S2. The molecule has 0 bridgehead atoms. The van der Waals surface area contributed by atoms with Gasteiger partial charge in [0, 0.05) is 6.72 Å². The van der Waals surface area contributed by atoms with Gasteiger partial charge >= 0.3 is 0 Å². The molecule has 1 N–H and O–H groups in total. The van der Waals surface area contributed by atoms with Gasteiger partial charge < -0.3 is 0 Å². The Hall–Kier alpha value is -0.880. The van der Waals surface area contributed by atoms with Crippen LogP contribution in [-0.2, 0) is 0 Å². The Labute approximate surface area is 79.8 Å². The summed E-state index contributed by atoms with van der Waals surface area (Å²) in [6.07, 6.45) is 0. The Morgan fingerprint density at radius 2 is 2.42 bits per heavy atom. The minimum Gasteiger partial charge on any atom is -0.180 e. The highest BCUT2D eigenvalue weighted by Gasteiger charge is 1.99. The molecule has 0 atom stereocenters. The monoisotopic (exact) mass is 200 g/mol. The standard InChI is InChI=1S/C6H8N4S2/c1-4-3-5(12-6(4)11)8-10-9-7-2/h3,11H,2H2,1H3,(H,8,9). The van der Waals surface area contributed by atoms with Crippen LogP contribution in [0.3, 0.4) is 0 Å². The van der Waals surface area contributed by atoms with Gasteiger partial charge in [-0.15, -0.1) is 29.1 Å². The van der Waals surface area contributed by atoms with Gasteiger partial charge in [0.1, 0.15) is 5.00 Å². The molecule has 1 aromatic heterocycles. The lowest BCUT2D eigenvalue weighted by Gasteiger charge is -1.82. The van der Waals surface area contributed by atoms with Gasteiger partial charge in [-0.2, -0.15) is 10.6 Å². The summed E-state index contributed by atoms with van der Waals surface area (Å²) in [5, 5.41) is 11.5. The minimum atomic E-state index is 0.800. The van der Waals surface area contributed by atoms with Crippen molar-refractivity contribution in [1.82, 2.24) is 5.53 Å². The molecule has 0 saturated carbocycles. The van der Waals surface area contributed by atoms with Crippen LogP contribution >= 0.6 is 24.0 Å². The van der Waals surface area contributed by atoms with E-state index in [1.54, 1.807) is 0 Å². The molecule has 0 aliphatic rings. The van der Waals surface area contributed by atoms with Crippen LogP contribution in [0, 0.1) is 6.92 Å². The molecule has 0 saturated heterocycles. The predicted octanol–water partition coefficient (Wildman–Crippen LogP) is 2.55. The first kappa shape index (κ1) is 9.21. The van der Waals surface area contributed by atoms with Gasteiger partial charge in [0.05, 0.1) is 4.21 Å². The number of hydrazone groups is 1. The molecule has 6 heteroatoms. The van der Waals surface area contributed by atoms with Crippen molar-refractivity contribution in [1.29, 1.82) is 0 Å². The molecule has 0 fully saturated rings. The van der Waals surface area contributed by atoms with Crippen LogP contribution in [0.1, 0.15) is 5.56 Å². The highest BCUT2D eigenvalue weighted by molar-refractivity contribution is 7.83. The third kappa shape index (κ3) is 2.31. The van der Waals surface area contributed by atoms with Crippen molar-refractivity contribution in [3.05, 3.63) is 11.6 Å². The van der Waals surface area contributed by atoms with Gasteiger partial charge in [-0.1, -0.05) is 5.22 Å². The second-order valence-corrected chi connectivity index (χ2v) is 3.81. The SMILES string of the molecule is C=NN/N=N\c1cc(C)c(S)s1. The van der Waals surface area contributed by atoms with E-state index in [-0.39, 0.29) is 0 Å². The first-order chi connectivity index (χ1) is 5.74. The summed E-state index contributed by atoms with van der Waals surface area (Å²) >= 11 is 5.69. The first-order valence-corrected chi connectivity index (χ1v) is 4.41. The van der Waals surface area contributed by atoms with E-state index in [0.717, 1.165) is 14.8 Å². The predicted molar refractivity (Wildman–Crippen MR) is 53.5 cm³/mol. The number of thiol groups is 1. The van der Waals surface area contributed by atoms with E-state index < -0.39 is 0 Å². The Morgan fingerprint density at radius 3 is 2.92 bits per heavy atom. The summed E-state index contributed by atoms with van der Waals surface area (Å²) in [6, 6.07) is 1.90. The van der Waals surface area contributed by atoms with Crippen LogP contribution in [0.25, 0.3) is 0 Å². The van der Waals surface area contributed by atoms with E-state index in [1.165, 1.54) is 11.3 Å². The molecule has 1 heterocycles. The maximum absolute atomic E-state index is 4.22. The van der Waals surface area contributed by atoms with E-state index in [2.05, 4.69) is 40.3 Å². The van der Waals surface area contributed by atoms with E-state index >= 15 is 0 Å². The quantitative estimate of drug-likeness (QED) is 0.335. The number of hydrogen-bond acceptors (Lipinski definition) is 5. The summed E-state index contributed by atoms with van der Waals surface area (Å²) < 4.78 is 0.954. The molecule has 0 aromatic carbocycles. The van der Waals surface area contributed by atoms with E-state index in [1.807, 2.05) is 13.0 Å². The van der Waals surface area contributed by atoms with Gasteiger partial charge in [0.15, 0.2) is 0 Å². The lowest BCUT2D eigenvalue weighted by atomic mass is 10.4. The lowest BCUT2D eigenvalue weighted by molar-refractivity contribution is 0.757. The molecule has 4 nitrogen and oxygen atoms in total. The number of thiophene rings is 1. The average Bonchev–Trinajstić information content (AvgIpc) is 2.32. The van der Waals surface area contributed by atoms with Gasteiger partial charge in [0.25, 0.3) is 0 Å². The molecule has 12 heavy (non-hydrogen) atoms. The molecule has 0 amide bonds. The minimum absolute atomic E-state index is 0.800. The number of rotatable bonds is 3. The van der Waals surface area contributed by atoms with Gasteiger partial charge in [-0.05, 0) is 18.6 Å². The topological polar surface area (TPSA) is 49.1 Å². The van der Waals surface area contributed by atoms with Crippen molar-refractivity contribution in [2.75, 3.05) is 0 Å². The molecule has 0 aliphatic carbocycles.